The van der Waals surface area contributed by atoms with Crippen molar-refractivity contribution >= 4 is 29.3 Å². The predicted molar refractivity (Wildman–Crippen MR) is 154 cm³/mol. The molecule has 0 aliphatic rings. The topological polar surface area (TPSA) is 172 Å². The van der Waals surface area contributed by atoms with Gasteiger partial charge in [0.25, 0.3) is 0 Å². The Morgan fingerprint density at radius 1 is 0.659 bits per heavy atom. The maximum Gasteiger partial charge on any atom is 0.246 e. The van der Waals surface area contributed by atoms with Gasteiger partial charge in [-0.15, -0.1) is 0 Å². The van der Waals surface area contributed by atoms with E-state index < -0.39 is 11.8 Å². The summed E-state index contributed by atoms with van der Waals surface area (Å²) in [6.07, 6.45) is 7.40. The van der Waals surface area contributed by atoms with E-state index in [2.05, 4.69) is 10.6 Å². The van der Waals surface area contributed by atoms with E-state index in [0.29, 0.717) is 71.6 Å². The maximum absolute atomic E-state index is 12.2. The average Bonchev–Trinajstić information content (AvgIpc) is 2.92. The fourth-order valence-electron chi connectivity index (χ4n) is 3.77. The van der Waals surface area contributed by atoms with Gasteiger partial charge in [0.05, 0.1) is 33.0 Å². The lowest BCUT2D eigenvalue weighted by Crippen LogP contribution is -2.31. The first-order chi connectivity index (χ1) is 19.8. The van der Waals surface area contributed by atoms with Crippen LogP contribution < -0.4 is 16.4 Å². The smallest absolute Gasteiger partial charge is 0.246 e. The summed E-state index contributed by atoms with van der Waals surface area (Å²) >= 11 is 0. The highest BCUT2D eigenvalue weighted by Crippen LogP contribution is 2.13. The Kier molecular flexibility index (Phi) is 26.1. The first-order valence-electron chi connectivity index (χ1n) is 14.9. The van der Waals surface area contributed by atoms with Crippen molar-refractivity contribution in [1.82, 2.24) is 10.6 Å². The van der Waals surface area contributed by atoms with Crippen molar-refractivity contribution in [1.29, 1.82) is 0 Å². The quantitative estimate of drug-likeness (QED) is 0.106. The van der Waals surface area contributed by atoms with Crippen LogP contribution in [-0.4, -0.2) is 95.2 Å². The molecule has 0 bridgehead atoms. The molecular formula is C29H53N3O9. The number of hydrogen-bond acceptors (Lipinski definition) is 9. The summed E-state index contributed by atoms with van der Waals surface area (Å²) in [4.78, 5) is 58.4. The molecule has 0 aromatic carbocycles. The molecule has 238 valence electrons. The van der Waals surface area contributed by atoms with Gasteiger partial charge in [-0.2, -0.15) is 0 Å². The molecule has 0 rings (SSSR count). The average molecular weight is 588 g/mol. The van der Waals surface area contributed by atoms with E-state index in [-0.39, 0.29) is 56.2 Å². The molecule has 0 heterocycles. The summed E-state index contributed by atoms with van der Waals surface area (Å²) in [5.74, 6) is -1.33. The molecule has 12 heteroatoms. The van der Waals surface area contributed by atoms with Crippen molar-refractivity contribution in [2.75, 3.05) is 65.9 Å². The lowest BCUT2D eigenvalue weighted by molar-refractivity contribution is -0.130. The second-order valence-electron chi connectivity index (χ2n) is 9.98. The van der Waals surface area contributed by atoms with Crippen LogP contribution in [0.4, 0.5) is 0 Å². The van der Waals surface area contributed by atoms with E-state index in [1.54, 1.807) is 6.92 Å². The van der Waals surface area contributed by atoms with Crippen LogP contribution in [0.15, 0.2) is 0 Å². The molecule has 0 saturated heterocycles. The van der Waals surface area contributed by atoms with Gasteiger partial charge in [0, 0.05) is 44.9 Å². The van der Waals surface area contributed by atoms with Crippen molar-refractivity contribution in [3.8, 4) is 0 Å². The molecule has 41 heavy (non-hydrogen) atoms. The lowest BCUT2D eigenvalue weighted by atomic mass is 9.95. The van der Waals surface area contributed by atoms with Crippen molar-refractivity contribution < 1.29 is 42.9 Å². The number of ether oxygens (including phenoxy) is 4. The molecule has 0 aromatic rings. The molecule has 3 amide bonds. The van der Waals surface area contributed by atoms with E-state index in [9.17, 15) is 24.0 Å². The highest BCUT2D eigenvalue weighted by Gasteiger charge is 2.19. The molecular weight excluding hydrogens is 534 g/mol. The lowest BCUT2D eigenvalue weighted by Gasteiger charge is -2.13. The third-order valence-corrected chi connectivity index (χ3v) is 6.02. The zero-order chi connectivity index (χ0) is 30.6. The number of carbonyl (C=O) groups excluding carboxylic acids is 5. The van der Waals surface area contributed by atoms with Crippen LogP contribution in [0.2, 0.25) is 0 Å². The zero-order valence-electron chi connectivity index (χ0n) is 25.2. The SMILES string of the molecule is CCCOCCOCC(=O)NCCOCCOCC(=O)CC(CCCCNC(=O)CCCCCCC(C)=O)C(N)=O. The Labute approximate surface area is 245 Å². The van der Waals surface area contributed by atoms with E-state index in [1.165, 1.54) is 0 Å². The Morgan fingerprint density at radius 3 is 1.93 bits per heavy atom. The number of Topliss-reactive ketones (excluding diaryl/α,β-unsaturated/α-hetero) is 2. The van der Waals surface area contributed by atoms with Gasteiger partial charge >= 0.3 is 0 Å². The standard InChI is InChI=1S/C29H53N3O9/c1-3-15-38-17-20-41-23-28(36)32-14-16-39-18-19-40-22-26(34)21-25(29(30)37)11-8-9-13-31-27(35)12-7-5-4-6-10-24(2)33/h25H,3-23H2,1-2H3,(H2,30,37)(H,31,35)(H,32,36). The van der Waals surface area contributed by atoms with Crippen LogP contribution >= 0.6 is 0 Å². The largest absolute Gasteiger partial charge is 0.379 e. The van der Waals surface area contributed by atoms with Crippen LogP contribution in [0.25, 0.3) is 0 Å². The number of hydrogen-bond donors (Lipinski definition) is 3. The van der Waals surface area contributed by atoms with E-state index in [0.717, 1.165) is 32.1 Å². The number of primary amides is 1. The number of rotatable bonds is 30. The Hall–Kier alpha value is -2.41. The second-order valence-corrected chi connectivity index (χ2v) is 9.98. The molecule has 0 spiro atoms. The zero-order valence-corrected chi connectivity index (χ0v) is 25.2. The normalized spacial score (nSPS) is 11.7. The summed E-state index contributed by atoms with van der Waals surface area (Å²) in [7, 11) is 0. The summed E-state index contributed by atoms with van der Waals surface area (Å²) in [5, 5.41) is 5.55. The van der Waals surface area contributed by atoms with Gasteiger partial charge in [0.1, 0.15) is 19.0 Å². The molecule has 0 saturated carbocycles. The van der Waals surface area contributed by atoms with Crippen LogP contribution in [-0.2, 0) is 42.9 Å². The molecule has 0 aliphatic heterocycles. The summed E-state index contributed by atoms with van der Waals surface area (Å²) < 4.78 is 21.1. The molecule has 0 fully saturated rings. The van der Waals surface area contributed by atoms with Crippen LogP contribution in [0, 0.1) is 5.92 Å². The number of carbonyl (C=O) groups is 5. The first kappa shape index (κ1) is 38.6. The Bertz CT molecular complexity index is 734. The van der Waals surface area contributed by atoms with Gasteiger partial charge in [-0.3, -0.25) is 19.2 Å². The molecule has 12 nitrogen and oxygen atoms in total. The minimum Gasteiger partial charge on any atom is -0.379 e. The van der Waals surface area contributed by atoms with Crippen molar-refractivity contribution in [2.45, 2.75) is 84.5 Å². The Morgan fingerprint density at radius 2 is 1.27 bits per heavy atom. The van der Waals surface area contributed by atoms with Crippen LogP contribution in [0.1, 0.15) is 84.5 Å². The van der Waals surface area contributed by atoms with Gasteiger partial charge < -0.3 is 40.1 Å². The van der Waals surface area contributed by atoms with E-state index in [4.69, 9.17) is 24.7 Å². The molecule has 0 radical (unpaired) electrons. The Balaban J connectivity index is 3.73. The minimum atomic E-state index is -0.565. The number of nitrogens with one attached hydrogen (secondary N) is 2. The van der Waals surface area contributed by atoms with Crippen molar-refractivity contribution in [3.63, 3.8) is 0 Å². The third-order valence-electron chi connectivity index (χ3n) is 6.02. The molecule has 1 atom stereocenters. The van der Waals surface area contributed by atoms with Gasteiger partial charge in [-0.1, -0.05) is 26.2 Å². The number of unbranched alkanes of at least 4 members (excludes halogenated alkanes) is 4. The van der Waals surface area contributed by atoms with Gasteiger partial charge in [-0.25, -0.2) is 0 Å². The van der Waals surface area contributed by atoms with Gasteiger partial charge in [-0.05, 0) is 39.0 Å². The molecule has 0 aliphatic carbocycles. The third kappa shape index (κ3) is 27.5. The fourth-order valence-corrected chi connectivity index (χ4v) is 3.77. The summed E-state index contributed by atoms with van der Waals surface area (Å²) in [6.45, 7) is 6.57. The number of nitrogens with two attached hydrogens (primary N) is 1. The molecule has 1 unspecified atom stereocenters. The first-order valence-corrected chi connectivity index (χ1v) is 14.9. The number of amides is 3. The number of ketones is 2. The summed E-state index contributed by atoms with van der Waals surface area (Å²) in [6, 6.07) is 0. The highest BCUT2D eigenvalue weighted by molar-refractivity contribution is 5.86. The van der Waals surface area contributed by atoms with E-state index in [1.807, 2.05) is 6.92 Å². The highest BCUT2D eigenvalue weighted by atomic mass is 16.5. The fraction of sp³-hybridized carbons (Fsp3) is 0.828. The van der Waals surface area contributed by atoms with Crippen molar-refractivity contribution in [3.05, 3.63) is 0 Å². The van der Waals surface area contributed by atoms with Crippen LogP contribution in [0.5, 0.6) is 0 Å². The van der Waals surface area contributed by atoms with Gasteiger partial charge in [0.2, 0.25) is 17.7 Å². The van der Waals surface area contributed by atoms with Crippen molar-refractivity contribution in [2.24, 2.45) is 11.7 Å². The predicted octanol–water partition coefficient (Wildman–Crippen LogP) is 1.86. The van der Waals surface area contributed by atoms with Gasteiger partial charge in [0.15, 0.2) is 5.78 Å². The van der Waals surface area contributed by atoms with Crippen LogP contribution in [0.3, 0.4) is 0 Å². The minimum absolute atomic E-state index is 0.00177. The molecule has 0 aromatic heterocycles. The monoisotopic (exact) mass is 587 g/mol. The maximum atomic E-state index is 12.2. The second kappa shape index (κ2) is 27.7. The van der Waals surface area contributed by atoms with E-state index >= 15 is 0 Å². The summed E-state index contributed by atoms with van der Waals surface area (Å²) in [5.41, 5.74) is 5.47. The molecule has 4 N–H and O–H groups in total.